The minimum atomic E-state index is -0.318. The second-order valence-corrected chi connectivity index (χ2v) is 9.88. The number of hydrogen-bond acceptors (Lipinski definition) is 2. The molecule has 2 atom stereocenters. The first kappa shape index (κ1) is 20.9. The molecule has 0 amide bonds. The van der Waals surface area contributed by atoms with Crippen molar-refractivity contribution in [3.05, 3.63) is 58.7 Å². The summed E-state index contributed by atoms with van der Waals surface area (Å²) < 4.78 is 6.23. The number of rotatable bonds is 4. The minimum Gasteiger partial charge on any atom is -0.508 e. The Bertz CT molecular complexity index is 814. The Morgan fingerprint density at radius 1 is 1.07 bits per heavy atom. The van der Waals surface area contributed by atoms with Crippen LogP contribution in [0.3, 0.4) is 0 Å². The van der Waals surface area contributed by atoms with Gasteiger partial charge < -0.3 is 9.84 Å². The van der Waals surface area contributed by atoms with Gasteiger partial charge in [-0.25, -0.2) is 0 Å². The van der Waals surface area contributed by atoms with Crippen molar-refractivity contribution >= 4 is 6.08 Å². The molecule has 2 aliphatic carbocycles. The molecule has 1 N–H and O–H groups in total. The number of methoxy groups -OCH3 is 1. The maximum Gasteiger partial charge on any atom is 0.115 e. The molecule has 0 aliphatic heterocycles. The quantitative estimate of drug-likeness (QED) is 0.614. The van der Waals surface area contributed by atoms with Crippen LogP contribution in [0.5, 0.6) is 5.75 Å². The second-order valence-electron chi connectivity index (χ2n) is 9.88. The zero-order chi connectivity index (χ0) is 20.7. The normalized spacial score (nSPS) is 29.0. The summed E-state index contributed by atoms with van der Waals surface area (Å²) in [5, 5.41) is 9.58. The molecule has 0 heterocycles. The molecule has 2 unspecified atom stereocenters. The fraction of sp³-hybridized carbons (Fsp3) is 0.538. The van der Waals surface area contributed by atoms with Crippen molar-refractivity contribution in [3.63, 3.8) is 0 Å². The summed E-state index contributed by atoms with van der Waals surface area (Å²) >= 11 is 0. The number of benzene rings is 1. The molecule has 3 rings (SSSR count). The predicted octanol–water partition coefficient (Wildman–Crippen LogP) is 6.92. The van der Waals surface area contributed by atoms with Crippen LogP contribution in [0.4, 0.5) is 0 Å². The molecule has 2 heteroatoms. The number of ether oxygens (including phenoxy) is 1. The number of allylic oxidation sites excluding steroid dienone is 2. The van der Waals surface area contributed by atoms with Crippen molar-refractivity contribution in [2.75, 3.05) is 7.11 Å². The molecule has 2 nitrogen and oxygen atoms in total. The Morgan fingerprint density at radius 2 is 1.64 bits per heavy atom. The molecule has 28 heavy (non-hydrogen) atoms. The van der Waals surface area contributed by atoms with Gasteiger partial charge in [-0.1, -0.05) is 64.5 Å². The molecule has 1 saturated carbocycles. The van der Waals surface area contributed by atoms with E-state index in [0.717, 1.165) is 12.0 Å². The fourth-order valence-corrected chi connectivity index (χ4v) is 4.95. The minimum absolute atomic E-state index is 0.180. The molecule has 0 bridgehead atoms. The molecule has 0 aromatic heterocycles. The largest absolute Gasteiger partial charge is 0.508 e. The van der Waals surface area contributed by atoms with Crippen LogP contribution in [-0.2, 0) is 4.74 Å². The molecule has 0 radical (unpaired) electrons. The van der Waals surface area contributed by atoms with Crippen molar-refractivity contribution < 1.29 is 9.84 Å². The van der Waals surface area contributed by atoms with E-state index in [0.29, 0.717) is 5.75 Å². The SMILES string of the molecule is CCC1(OC)C=C2C(=CC1/C(C)=C/c1ccc(O)cc1)C(C)(C)CCC2(C)C. The van der Waals surface area contributed by atoms with Crippen LogP contribution in [0, 0.1) is 16.7 Å². The van der Waals surface area contributed by atoms with Gasteiger partial charge in [0.15, 0.2) is 0 Å². The highest BCUT2D eigenvalue weighted by atomic mass is 16.5. The van der Waals surface area contributed by atoms with Crippen LogP contribution < -0.4 is 0 Å². The highest BCUT2D eigenvalue weighted by Crippen LogP contribution is 2.56. The van der Waals surface area contributed by atoms with E-state index in [2.05, 4.69) is 59.8 Å². The van der Waals surface area contributed by atoms with Crippen LogP contribution >= 0.6 is 0 Å². The van der Waals surface area contributed by atoms with Crippen molar-refractivity contribution in [2.45, 2.75) is 66.4 Å². The van der Waals surface area contributed by atoms with E-state index < -0.39 is 0 Å². The van der Waals surface area contributed by atoms with Gasteiger partial charge in [0.05, 0.1) is 5.60 Å². The van der Waals surface area contributed by atoms with Crippen LogP contribution in [0.2, 0.25) is 0 Å². The Morgan fingerprint density at radius 3 is 2.18 bits per heavy atom. The number of phenolic OH excluding ortho intramolecular Hbond substituents is 1. The van der Waals surface area contributed by atoms with E-state index in [-0.39, 0.29) is 22.3 Å². The van der Waals surface area contributed by atoms with Crippen LogP contribution in [0.15, 0.2) is 53.1 Å². The van der Waals surface area contributed by atoms with Gasteiger partial charge in [-0.05, 0) is 71.9 Å². The van der Waals surface area contributed by atoms with Gasteiger partial charge in [0.1, 0.15) is 5.75 Å². The number of phenols is 1. The summed E-state index contributed by atoms with van der Waals surface area (Å²) in [6.07, 6.45) is 10.5. The van der Waals surface area contributed by atoms with E-state index in [1.165, 1.54) is 29.6 Å². The third kappa shape index (κ3) is 3.59. The van der Waals surface area contributed by atoms with E-state index in [1.807, 2.05) is 19.2 Å². The summed E-state index contributed by atoms with van der Waals surface area (Å²) in [6, 6.07) is 7.41. The Hall–Kier alpha value is -1.80. The first-order valence-electron chi connectivity index (χ1n) is 10.5. The van der Waals surface area contributed by atoms with E-state index in [9.17, 15) is 5.11 Å². The molecule has 0 saturated heterocycles. The summed E-state index contributed by atoms with van der Waals surface area (Å²) in [5.74, 6) is 0.497. The summed E-state index contributed by atoms with van der Waals surface area (Å²) in [7, 11) is 1.85. The van der Waals surface area contributed by atoms with Crippen molar-refractivity contribution in [3.8, 4) is 5.75 Å². The van der Waals surface area contributed by atoms with E-state index in [1.54, 1.807) is 12.1 Å². The molecule has 152 valence electrons. The van der Waals surface area contributed by atoms with E-state index >= 15 is 0 Å². The second kappa shape index (κ2) is 7.22. The first-order chi connectivity index (χ1) is 13.0. The number of hydrogen-bond donors (Lipinski definition) is 1. The third-order valence-electron chi connectivity index (χ3n) is 7.08. The molecule has 1 fully saturated rings. The first-order valence-corrected chi connectivity index (χ1v) is 10.5. The lowest BCUT2D eigenvalue weighted by Gasteiger charge is -2.50. The summed E-state index contributed by atoms with van der Waals surface area (Å²) in [6.45, 7) is 13.9. The average Bonchev–Trinajstić information content (AvgIpc) is 2.66. The highest BCUT2D eigenvalue weighted by Gasteiger charge is 2.47. The van der Waals surface area contributed by atoms with Crippen molar-refractivity contribution in [2.24, 2.45) is 16.7 Å². The monoisotopic (exact) mass is 380 g/mol. The number of fused-ring (bicyclic) bond motifs is 1. The highest BCUT2D eigenvalue weighted by molar-refractivity contribution is 5.58. The van der Waals surface area contributed by atoms with Crippen LogP contribution in [0.25, 0.3) is 6.08 Å². The zero-order valence-corrected chi connectivity index (χ0v) is 18.6. The molecular formula is C26H36O2. The van der Waals surface area contributed by atoms with Gasteiger partial charge in [0, 0.05) is 13.0 Å². The van der Waals surface area contributed by atoms with Crippen LogP contribution in [-0.4, -0.2) is 17.8 Å². The lowest BCUT2D eigenvalue weighted by Crippen LogP contribution is -2.44. The summed E-state index contributed by atoms with van der Waals surface area (Å²) in [4.78, 5) is 0. The van der Waals surface area contributed by atoms with Crippen LogP contribution in [0.1, 0.15) is 66.4 Å². The van der Waals surface area contributed by atoms with Gasteiger partial charge in [-0.3, -0.25) is 0 Å². The maximum atomic E-state index is 9.58. The fourth-order valence-electron chi connectivity index (χ4n) is 4.95. The van der Waals surface area contributed by atoms with Gasteiger partial charge in [-0.15, -0.1) is 0 Å². The van der Waals surface area contributed by atoms with Gasteiger partial charge in [0.2, 0.25) is 0 Å². The van der Waals surface area contributed by atoms with E-state index in [4.69, 9.17) is 4.74 Å². The number of aromatic hydroxyl groups is 1. The Kier molecular flexibility index (Phi) is 5.40. The lowest BCUT2D eigenvalue weighted by molar-refractivity contribution is 0.000155. The Balaban J connectivity index is 2.12. The molecule has 2 aliphatic rings. The lowest BCUT2D eigenvalue weighted by atomic mass is 9.56. The molecular weight excluding hydrogens is 344 g/mol. The van der Waals surface area contributed by atoms with Gasteiger partial charge in [0.25, 0.3) is 0 Å². The smallest absolute Gasteiger partial charge is 0.115 e. The average molecular weight is 381 g/mol. The Labute approximate surface area is 171 Å². The van der Waals surface area contributed by atoms with Gasteiger partial charge >= 0.3 is 0 Å². The molecule has 0 spiro atoms. The standard InChI is InChI=1S/C26H36O2/c1-8-26(28-7)17-23-22(24(3,4)13-14-25(23,5)6)16-21(26)18(2)15-19-9-11-20(27)12-10-19/h9-12,15-17,21,27H,8,13-14H2,1-7H3/b18-15+. The summed E-state index contributed by atoms with van der Waals surface area (Å²) in [5.41, 5.74) is 5.41. The topological polar surface area (TPSA) is 29.5 Å². The predicted molar refractivity (Wildman–Crippen MR) is 118 cm³/mol. The maximum absolute atomic E-state index is 9.58. The third-order valence-corrected chi connectivity index (χ3v) is 7.08. The van der Waals surface area contributed by atoms with Crippen molar-refractivity contribution in [1.82, 2.24) is 0 Å². The van der Waals surface area contributed by atoms with Gasteiger partial charge in [-0.2, -0.15) is 0 Å². The zero-order valence-electron chi connectivity index (χ0n) is 18.6. The molecule has 1 aromatic carbocycles. The van der Waals surface area contributed by atoms with Crippen molar-refractivity contribution in [1.29, 1.82) is 0 Å². The molecule has 1 aromatic rings.